The highest BCUT2D eigenvalue weighted by Gasteiger charge is 2.30. The van der Waals surface area contributed by atoms with Gasteiger partial charge >= 0.3 is 0 Å². The Morgan fingerprint density at radius 1 is 1.00 bits per heavy atom. The Bertz CT molecular complexity index is 1420. The molecule has 0 N–H and O–H groups in total. The second-order valence-corrected chi connectivity index (χ2v) is 8.46. The molecule has 6 nitrogen and oxygen atoms in total. The number of halogens is 1. The normalized spacial score (nSPS) is 11.9. The van der Waals surface area contributed by atoms with Gasteiger partial charge in [0, 0.05) is 6.54 Å². The Labute approximate surface area is 210 Å². The van der Waals surface area contributed by atoms with Crippen LogP contribution in [0.5, 0.6) is 5.75 Å². The molecule has 0 saturated carbocycles. The van der Waals surface area contributed by atoms with Crippen molar-refractivity contribution < 1.29 is 13.9 Å². The molecule has 36 heavy (non-hydrogen) atoms. The van der Waals surface area contributed by atoms with E-state index in [1.807, 2.05) is 39.0 Å². The molecule has 0 aliphatic rings. The van der Waals surface area contributed by atoms with E-state index in [-0.39, 0.29) is 11.1 Å². The molecule has 186 valence electrons. The van der Waals surface area contributed by atoms with Crippen molar-refractivity contribution in [3.05, 3.63) is 100 Å². The van der Waals surface area contributed by atoms with Crippen LogP contribution in [0.3, 0.4) is 0 Å². The minimum absolute atomic E-state index is 0.000142. The molecule has 1 unspecified atom stereocenters. The van der Waals surface area contributed by atoms with Gasteiger partial charge < -0.3 is 9.64 Å². The summed E-state index contributed by atoms with van der Waals surface area (Å²) in [7, 11) is 0. The van der Waals surface area contributed by atoms with Gasteiger partial charge in [0.05, 0.1) is 34.8 Å². The first kappa shape index (κ1) is 25.1. The molecule has 4 rings (SSSR count). The third-order valence-electron chi connectivity index (χ3n) is 6.10. The zero-order valence-electron chi connectivity index (χ0n) is 20.8. The van der Waals surface area contributed by atoms with Crippen LogP contribution in [0.1, 0.15) is 55.8 Å². The fraction of sp³-hybridized carbons (Fsp3) is 0.276. The molecule has 0 fully saturated rings. The smallest absolute Gasteiger partial charge is 0.266 e. The van der Waals surface area contributed by atoms with Gasteiger partial charge in [0.25, 0.3) is 11.5 Å². The van der Waals surface area contributed by atoms with E-state index in [0.717, 1.165) is 0 Å². The van der Waals surface area contributed by atoms with Crippen molar-refractivity contribution in [2.45, 2.75) is 39.7 Å². The van der Waals surface area contributed by atoms with E-state index in [0.29, 0.717) is 54.2 Å². The number of rotatable bonds is 9. The van der Waals surface area contributed by atoms with E-state index >= 15 is 0 Å². The van der Waals surface area contributed by atoms with Crippen molar-refractivity contribution in [3.63, 3.8) is 0 Å². The fourth-order valence-corrected chi connectivity index (χ4v) is 4.45. The molecular weight excluding hydrogens is 457 g/mol. The molecule has 7 heteroatoms. The summed E-state index contributed by atoms with van der Waals surface area (Å²) in [6.07, 6.45) is 1.15. The Hall–Kier alpha value is -4.00. The summed E-state index contributed by atoms with van der Waals surface area (Å²) in [4.78, 5) is 33.9. The molecule has 0 bridgehead atoms. The van der Waals surface area contributed by atoms with Gasteiger partial charge in [-0.15, -0.1) is 0 Å². The van der Waals surface area contributed by atoms with Crippen LogP contribution in [0.2, 0.25) is 0 Å². The van der Waals surface area contributed by atoms with Gasteiger partial charge in [0.2, 0.25) is 0 Å². The van der Waals surface area contributed by atoms with Crippen molar-refractivity contribution in [1.82, 2.24) is 14.5 Å². The van der Waals surface area contributed by atoms with E-state index in [4.69, 9.17) is 9.72 Å². The van der Waals surface area contributed by atoms with Crippen LogP contribution in [0.4, 0.5) is 4.39 Å². The molecular formula is C29H30FN3O3. The Kier molecular flexibility index (Phi) is 7.78. The van der Waals surface area contributed by atoms with Crippen molar-refractivity contribution in [2.24, 2.45) is 0 Å². The number of carbonyl (C=O) groups is 1. The van der Waals surface area contributed by atoms with Gasteiger partial charge in [0.1, 0.15) is 17.4 Å². The summed E-state index contributed by atoms with van der Waals surface area (Å²) < 4.78 is 21.7. The monoisotopic (exact) mass is 487 g/mol. The van der Waals surface area contributed by atoms with Gasteiger partial charge in [-0.05, 0) is 68.3 Å². The minimum Gasteiger partial charge on any atom is -0.494 e. The molecule has 1 aromatic heterocycles. The summed E-state index contributed by atoms with van der Waals surface area (Å²) in [5.74, 6) is 0.124. The predicted octanol–water partition coefficient (Wildman–Crippen LogP) is 5.93. The van der Waals surface area contributed by atoms with Crippen molar-refractivity contribution in [2.75, 3.05) is 13.2 Å². The van der Waals surface area contributed by atoms with E-state index in [2.05, 4.69) is 0 Å². The quantitative estimate of drug-likeness (QED) is 0.294. The second-order valence-electron chi connectivity index (χ2n) is 8.46. The highest BCUT2D eigenvalue weighted by atomic mass is 19.1. The average molecular weight is 488 g/mol. The van der Waals surface area contributed by atoms with E-state index in [1.54, 1.807) is 51.9 Å². The fourth-order valence-electron chi connectivity index (χ4n) is 4.45. The number of carbonyl (C=O) groups excluding carboxylic acids is 1. The predicted molar refractivity (Wildman–Crippen MR) is 139 cm³/mol. The summed E-state index contributed by atoms with van der Waals surface area (Å²) in [6.45, 7) is 6.72. The molecule has 0 radical (unpaired) electrons. The third kappa shape index (κ3) is 4.87. The van der Waals surface area contributed by atoms with Crippen LogP contribution in [-0.4, -0.2) is 33.5 Å². The molecule has 0 aliphatic carbocycles. The number of hydrogen-bond donors (Lipinski definition) is 0. The highest BCUT2D eigenvalue weighted by Crippen LogP contribution is 2.28. The van der Waals surface area contributed by atoms with Gasteiger partial charge in [-0.3, -0.25) is 14.2 Å². The van der Waals surface area contributed by atoms with Gasteiger partial charge in [0.15, 0.2) is 0 Å². The summed E-state index contributed by atoms with van der Waals surface area (Å²) >= 11 is 0. The van der Waals surface area contributed by atoms with Crippen LogP contribution >= 0.6 is 0 Å². The van der Waals surface area contributed by atoms with E-state index in [1.165, 1.54) is 12.1 Å². The van der Waals surface area contributed by atoms with E-state index in [9.17, 15) is 14.0 Å². The lowest BCUT2D eigenvalue weighted by molar-refractivity contribution is 0.0654. The number of nitrogens with zero attached hydrogens (tertiary/aromatic N) is 3. The van der Waals surface area contributed by atoms with Gasteiger partial charge in [-0.2, -0.15) is 0 Å². The molecule has 0 saturated heterocycles. The zero-order chi connectivity index (χ0) is 25.7. The molecule has 3 aromatic carbocycles. The van der Waals surface area contributed by atoms with E-state index < -0.39 is 17.8 Å². The van der Waals surface area contributed by atoms with Gasteiger partial charge in [-0.1, -0.05) is 38.1 Å². The number of ether oxygens (including phenoxy) is 1. The molecule has 4 aromatic rings. The molecule has 1 amide bonds. The molecule has 1 atom stereocenters. The average Bonchev–Trinajstić information content (AvgIpc) is 2.89. The van der Waals surface area contributed by atoms with Crippen molar-refractivity contribution in [1.29, 1.82) is 0 Å². The Balaban J connectivity index is 1.92. The number of benzene rings is 3. The maximum atomic E-state index is 14.6. The van der Waals surface area contributed by atoms with Gasteiger partial charge in [-0.25, -0.2) is 9.37 Å². The maximum absolute atomic E-state index is 14.6. The van der Waals surface area contributed by atoms with Crippen molar-refractivity contribution in [3.8, 4) is 11.4 Å². The first-order chi connectivity index (χ1) is 17.5. The molecule has 0 aliphatic heterocycles. The summed E-state index contributed by atoms with van der Waals surface area (Å²) in [6, 6.07) is 19.8. The second kappa shape index (κ2) is 11.2. The van der Waals surface area contributed by atoms with Crippen LogP contribution in [0, 0.1) is 5.82 Å². The number of aromatic nitrogens is 2. The lowest BCUT2D eigenvalue weighted by Crippen LogP contribution is -2.39. The van der Waals surface area contributed by atoms with Crippen LogP contribution in [-0.2, 0) is 0 Å². The first-order valence-electron chi connectivity index (χ1n) is 12.3. The largest absolute Gasteiger partial charge is 0.494 e. The maximum Gasteiger partial charge on any atom is 0.266 e. The Morgan fingerprint density at radius 3 is 2.36 bits per heavy atom. The number of fused-ring (bicyclic) bond motifs is 1. The SMILES string of the molecule is CCCN(C(=O)c1ccccc1F)C(CC)c1nc2ccccc2c(=O)n1-c1ccc(OCC)cc1. The molecule has 0 spiro atoms. The topological polar surface area (TPSA) is 64.4 Å². The lowest BCUT2D eigenvalue weighted by Gasteiger charge is -2.32. The number of para-hydroxylation sites is 1. The highest BCUT2D eigenvalue weighted by molar-refractivity contribution is 5.94. The third-order valence-corrected chi connectivity index (χ3v) is 6.10. The minimum atomic E-state index is -0.575. The molecule has 1 heterocycles. The zero-order valence-corrected chi connectivity index (χ0v) is 20.8. The lowest BCUT2D eigenvalue weighted by atomic mass is 10.1. The van der Waals surface area contributed by atoms with Crippen LogP contribution in [0.25, 0.3) is 16.6 Å². The summed E-state index contributed by atoms with van der Waals surface area (Å²) in [5, 5.41) is 0.479. The number of amides is 1. The Morgan fingerprint density at radius 2 is 1.69 bits per heavy atom. The first-order valence-corrected chi connectivity index (χ1v) is 12.3. The van der Waals surface area contributed by atoms with Crippen LogP contribution in [0.15, 0.2) is 77.6 Å². The number of hydrogen-bond acceptors (Lipinski definition) is 4. The summed E-state index contributed by atoms with van der Waals surface area (Å²) in [5.41, 5.74) is 0.936. The standard InChI is InChI=1S/C29H30FN3O3/c1-4-19-32(28(34)22-11-7-9-13-24(22)30)26(5-2)27-31-25-14-10-8-12-23(25)29(35)33(27)20-15-17-21(18-16-20)36-6-3/h7-18,26H,4-6,19H2,1-3H3. The van der Waals surface area contributed by atoms with Crippen LogP contribution < -0.4 is 10.3 Å². The van der Waals surface area contributed by atoms with Crippen molar-refractivity contribution >= 4 is 16.8 Å².